The Hall–Kier alpha value is -2.18. The fourth-order valence-corrected chi connectivity index (χ4v) is 4.12. The highest BCUT2D eigenvalue weighted by Crippen LogP contribution is 2.38. The first kappa shape index (κ1) is 20.6. The van der Waals surface area contributed by atoms with E-state index in [1.807, 2.05) is 24.3 Å². The average molecular weight is 387 g/mol. The molecular weight excluding hydrogens is 358 g/mol. The molecule has 0 bridgehead atoms. The minimum atomic E-state index is -0.431. The van der Waals surface area contributed by atoms with Crippen molar-refractivity contribution >= 4 is 11.9 Å². The topological polar surface area (TPSA) is 87.8 Å². The maximum Gasteiger partial charge on any atom is 0.314 e. The molecule has 152 valence electrons. The van der Waals surface area contributed by atoms with E-state index in [2.05, 4.69) is 6.58 Å². The number of ether oxygens (including phenoxy) is 3. The van der Waals surface area contributed by atoms with Crippen molar-refractivity contribution in [2.75, 3.05) is 19.8 Å². The van der Waals surface area contributed by atoms with E-state index >= 15 is 0 Å². The highest BCUT2D eigenvalue weighted by Gasteiger charge is 2.38. The highest BCUT2D eigenvalue weighted by molar-refractivity contribution is 5.78. The zero-order valence-electron chi connectivity index (χ0n) is 16.4. The van der Waals surface area contributed by atoms with Crippen LogP contribution in [0.4, 0.5) is 0 Å². The summed E-state index contributed by atoms with van der Waals surface area (Å²) in [6, 6.07) is 7.91. The highest BCUT2D eigenvalue weighted by atomic mass is 16.5. The number of nitrogens with two attached hydrogens (primary N) is 1. The second-order valence-corrected chi connectivity index (χ2v) is 7.81. The number of hydrogen-bond acceptors (Lipinski definition) is 6. The molecule has 3 rings (SSSR count). The predicted octanol–water partition coefficient (Wildman–Crippen LogP) is 2.81. The van der Waals surface area contributed by atoms with Crippen LogP contribution in [0.1, 0.15) is 49.7 Å². The van der Waals surface area contributed by atoms with Gasteiger partial charge in [0.15, 0.2) is 0 Å². The first-order valence-corrected chi connectivity index (χ1v) is 9.85. The minimum Gasteiger partial charge on any atom is -0.463 e. The Bertz CT molecular complexity index is 702. The summed E-state index contributed by atoms with van der Waals surface area (Å²) in [7, 11) is 0. The predicted molar refractivity (Wildman–Crippen MR) is 105 cm³/mol. The van der Waals surface area contributed by atoms with Gasteiger partial charge in [0.25, 0.3) is 0 Å². The molecule has 1 saturated carbocycles. The van der Waals surface area contributed by atoms with E-state index in [9.17, 15) is 9.59 Å². The van der Waals surface area contributed by atoms with Crippen molar-refractivity contribution in [2.24, 2.45) is 11.7 Å². The van der Waals surface area contributed by atoms with Crippen LogP contribution in [0.3, 0.4) is 0 Å². The third kappa shape index (κ3) is 4.62. The van der Waals surface area contributed by atoms with Gasteiger partial charge >= 0.3 is 11.9 Å². The zero-order valence-corrected chi connectivity index (χ0v) is 16.4. The number of carbonyl (C=O) groups is 2. The number of benzene rings is 1. The summed E-state index contributed by atoms with van der Waals surface area (Å²) in [4.78, 5) is 24.0. The minimum absolute atomic E-state index is 0.0586. The van der Waals surface area contributed by atoms with Crippen LogP contribution in [-0.4, -0.2) is 37.9 Å². The van der Waals surface area contributed by atoms with E-state index in [1.54, 1.807) is 6.08 Å². The largest absolute Gasteiger partial charge is 0.463 e. The lowest BCUT2D eigenvalue weighted by Gasteiger charge is -2.38. The van der Waals surface area contributed by atoms with Crippen molar-refractivity contribution in [2.45, 2.75) is 50.2 Å². The molecular formula is C22H29NO5. The molecule has 0 radical (unpaired) electrons. The van der Waals surface area contributed by atoms with Crippen molar-refractivity contribution in [1.82, 2.24) is 0 Å². The quantitative estimate of drug-likeness (QED) is 0.572. The maximum atomic E-state index is 12.8. The molecule has 2 aliphatic rings. The van der Waals surface area contributed by atoms with Gasteiger partial charge in [-0.3, -0.25) is 9.59 Å². The molecule has 0 spiro atoms. The van der Waals surface area contributed by atoms with Gasteiger partial charge in [-0.1, -0.05) is 36.9 Å². The van der Waals surface area contributed by atoms with E-state index < -0.39 is 5.54 Å². The van der Waals surface area contributed by atoms with Gasteiger partial charge in [-0.2, -0.15) is 0 Å². The molecule has 1 aliphatic heterocycles. The standard InChI is InChI=1S/C22H29NO5/c1-3-12-27-21(25)20(17-6-10-19(11-7-17)28-15(2)24)16-4-8-18(9-5-16)22(23)13-26-14-22/h3-5,8-9,17,19-20H,1,6-7,10-14,23H2,2H3. The van der Waals surface area contributed by atoms with Crippen LogP contribution < -0.4 is 5.73 Å². The number of hydrogen-bond donors (Lipinski definition) is 1. The molecule has 2 fully saturated rings. The van der Waals surface area contributed by atoms with Crippen LogP contribution in [0, 0.1) is 5.92 Å². The van der Waals surface area contributed by atoms with E-state index in [0.29, 0.717) is 13.2 Å². The van der Waals surface area contributed by atoms with E-state index in [-0.39, 0.29) is 36.5 Å². The molecule has 0 amide bonds. The molecule has 1 atom stereocenters. The molecule has 1 aromatic carbocycles. The lowest BCUT2D eigenvalue weighted by Crippen LogP contribution is -2.54. The monoisotopic (exact) mass is 387 g/mol. The molecule has 1 heterocycles. The van der Waals surface area contributed by atoms with Crippen molar-refractivity contribution in [3.05, 3.63) is 48.0 Å². The molecule has 2 N–H and O–H groups in total. The summed E-state index contributed by atoms with van der Waals surface area (Å²) < 4.78 is 16.0. The van der Waals surface area contributed by atoms with Gasteiger partial charge in [-0.05, 0) is 42.7 Å². The summed E-state index contributed by atoms with van der Waals surface area (Å²) >= 11 is 0. The molecule has 1 aliphatic carbocycles. The van der Waals surface area contributed by atoms with Crippen LogP contribution in [-0.2, 0) is 29.3 Å². The summed E-state index contributed by atoms with van der Waals surface area (Å²) in [6.45, 7) is 6.27. The zero-order chi connectivity index (χ0) is 20.1. The summed E-state index contributed by atoms with van der Waals surface area (Å²) in [5, 5.41) is 0. The summed E-state index contributed by atoms with van der Waals surface area (Å²) in [6.07, 6.45) is 4.65. The van der Waals surface area contributed by atoms with E-state index in [4.69, 9.17) is 19.9 Å². The molecule has 1 saturated heterocycles. The third-order valence-electron chi connectivity index (χ3n) is 5.68. The van der Waals surface area contributed by atoms with Crippen LogP contribution in [0.15, 0.2) is 36.9 Å². The van der Waals surface area contributed by atoms with Gasteiger partial charge in [-0.25, -0.2) is 0 Å². The van der Waals surface area contributed by atoms with Gasteiger partial charge < -0.3 is 19.9 Å². The van der Waals surface area contributed by atoms with Gasteiger partial charge in [0.05, 0.1) is 24.7 Å². The van der Waals surface area contributed by atoms with Crippen molar-refractivity contribution in [3.8, 4) is 0 Å². The lowest BCUT2D eigenvalue weighted by molar-refractivity contribution is -0.151. The van der Waals surface area contributed by atoms with Crippen LogP contribution in [0.5, 0.6) is 0 Å². The summed E-state index contributed by atoms with van der Waals surface area (Å²) in [5.74, 6) is -0.692. The van der Waals surface area contributed by atoms with Crippen molar-refractivity contribution in [3.63, 3.8) is 0 Å². The molecule has 6 heteroatoms. The smallest absolute Gasteiger partial charge is 0.314 e. The molecule has 6 nitrogen and oxygen atoms in total. The van der Waals surface area contributed by atoms with Crippen molar-refractivity contribution < 1.29 is 23.8 Å². The second-order valence-electron chi connectivity index (χ2n) is 7.81. The Kier molecular flexibility index (Phi) is 6.52. The Morgan fingerprint density at radius 3 is 2.39 bits per heavy atom. The summed E-state index contributed by atoms with van der Waals surface area (Å²) in [5.41, 5.74) is 7.81. The fraction of sp³-hybridized carbons (Fsp3) is 0.545. The number of esters is 2. The third-order valence-corrected chi connectivity index (χ3v) is 5.68. The molecule has 1 aromatic rings. The van der Waals surface area contributed by atoms with Crippen LogP contribution in [0.2, 0.25) is 0 Å². The van der Waals surface area contributed by atoms with Crippen LogP contribution >= 0.6 is 0 Å². The Balaban J connectivity index is 1.75. The van der Waals surface area contributed by atoms with Crippen molar-refractivity contribution in [1.29, 1.82) is 0 Å². The molecule has 0 aromatic heterocycles. The maximum absolute atomic E-state index is 12.8. The average Bonchev–Trinajstić information content (AvgIpc) is 2.66. The van der Waals surface area contributed by atoms with Gasteiger partial charge in [0, 0.05) is 6.92 Å². The normalized spacial score (nSPS) is 24.5. The first-order valence-electron chi connectivity index (χ1n) is 9.85. The lowest BCUT2D eigenvalue weighted by atomic mass is 9.75. The number of rotatable bonds is 7. The first-order chi connectivity index (χ1) is 13.4. The SMILES string of the molecule is C=CCOC(=O)C(c1ccc(C2(N)COC2)cc1)C1CCC(OC(C)=O)CC1. The van der Waals surface area contributed by atoms with Crippen LogP contribution in [0.25, 0.3) is 0 Å². The van der Waals surface area contributed by atoms with E-state index in [1.165, 1.54) is 6.92 Å². The Labute approximate surface area is 166 Å². The van der Waals surface area contributed by atoms with Gasteiger partial charge in [-0.15, -0.1) is 0 Å². The molecule has 1 unspecified atom stereocenters. The second kappa shape index (κ2) is 8.88. The number of carbonyl (C=O) groups excluding carboxylic acids is 2. The Morgan fingerprint density at radius 2 is 1.89 bits per heavy atom. The fourth-order valence-electron chi connectivity index (χ4n) is 4.12. The Morgan fingerprint density at radius 1 is 1.25 bits per heavy atom. The van der Waals surface area contributed by atoms with E-state index in [0.717, 1.165) is 36.8 Å². The van der Waals surface area contributed by atoms with Gasteiger partial charge in [0.1, 0.15) is 12.7 Å². The molecule has 28 heavy (non-hydrogen) atoms. The van der Waals surface area contributed by atoms with Gasteiger partial charge in [0.2, 0.25) is 0 Å².